The van der Waals surface area contributed by atoms with Crippen LogP contribution in [0.1, 0.15) is 31.4 Å². The monoisotopic (exact) mass is 366 g/mol. The average molecular weight is 368 g/mol. The van der Waals surface area contributed by atoms with Crippen LogP contribution < -0.4 is 11.1 Å². The number of rotatable bonds is 4. The van der Waals surface area contributed by atoms with Crippen molar-refractivity contribution in [3.63, 3.8) is 0 Å². The molecule has 1 aliphatic rings. The Hall–Kier alpha value is -0.520. The third-order valence-corrected chi connectivity index (χ3v) is 4.85. The van der Waals surface area contributed by atoms with Crippen LogP contribution in [0.5, 0.6) is 0 Å². The van der Waals surface area contributed by atoms with E-state index in [2.05, 4.69) is 5.32 Å². The summed E-state index contributed by atoms with van der Waals surface area (Å²) in [4.78, 5) is 12.6. The first-order valence-electron chi connectivity index (χ1n) is 7.02. The number of benzene rings is 1. The molecular formula is C15H21Cl3N2O2. The number of nitrogens with one attached hydrogen (secondary N) is 1. The van der Waals surface area contributed by atoms with Crippen LogP contribution in [0.4, 0.5) is 0 Å². The lowest BCUT2D eigenvalue weighted by Crippen LogP contribution is -2.49. The van der Waals surface area contributed by atoms with Crippen molar-refractivity contribution in [1.29, 1.82) is 0 Å². The van der Waals surface area contributed by atoms with Gasteiger partial charge in [-0.25, -0.2) is 0 Å². The average Bonchev–Trinajstić information content (AvgIpc) is 2.50. The van der Waals surface area contributed by atoms with Crippen LogP contribution in [-0.4, -0.2) is 25.7 Å². The molecule has 3 N–H and O–H groups in total. The predicted molar refractivity (Wildman–Crippen MR) is 91.8 cm³/mol. The predicted octanol–water partition coefficient (Wildman–Crippen LogP) is 3.35. The van der Waals surface area contributed by atoms with Crippen LogP contribution in [0.2, 0.25) is 10.0 Å². The number of ether oxygens (including phenoxy) is 1. The molecule has 1 aromatic carbocycles. The van der Waals surface area contributed by atoms with Crippen molar-refractivity contribution in [2.75, 3.05) is 19.8 Å². The maximum absolute atomic E-state index is 12.6. The van der Waals surface area contributed by atoms with Crippen LogP contribution in [0.25, 0.3) is 0 Å². The van der Waals surface area contributed by atoms with Crippen molar-refractivity contribution in [2.24, 2.45) is 11.1 Å². The van der Waals surface area contributed by atoms with Gasteiger partial charge in [-0.15, -0.1) is 12.4 Å². The molecule has 124 valence electrons. The van der Waals surface area contributed by atoms with Crippen molar-refractivity contribution in [2.45, 2.75) is 25.8 Å². The maximum Gasteiger partial charge on any atom is 0.228 e. The van der Waals surface area contributed by atoms with E-state index in [4.69, 9.17) is 33.7 Å². The lowest BCUT2D eigenvalue weighted by Gasteiger charge is -2.35. The molecule has 1 amide bonds. The summed E-state index contributed by atoms with van der Waals surface area (Å²) in [5, 5.41) is 4.01. The Labute approximate surface area is 147 Å². The minimum atomic E-state index is -0.525. The molecule has 7 heteroatoms. The minimum Gasteiger partial charge on any atom is -0.381 e. The minimum absolute atomic E-state index is 0. The molecule has 0 aromatic heterocycles. The zero-order valence-electron chi connectivity index (χ0n) is 12.4. The van der Waals surface area contributed by atoms with Crippen LogP contribution >= 0.6 is 35.6 Å². The molecule has 1 heterocycles. The summed E-state index contributed by atoms with van der Waals surface area (Å²) < 4.78 is 5.33. The standard InChI is InChI=1S/C15H20Cl2N2O2.ClH/c1-10(11-2-3-12(16)13(17)8-11)19-14(20)15(9-18)4-6-21-7-5-15;/h2-3,8,10H,4-7,9,18H2,1H3,(H,19,20);1H. The molecule has 1 atom stereocenters. The highest BCUT2D eigenvalue weighted by atomic mass is 35.5. The Morgan fingerprint density at radius 1 is 1.36 bits per heavy atom. The summed E-state index contributed by atoms with van der Waals surface area (Å²) >= 11 is 11.9. The van der Waals surface area contributed by atoms with E-state index < -0.39 is 5.41 Å². The van der Waals surface area contributed by atoms with Crippen molar-refractivity contribution in [3.8, 4) is 0 Å². The summed E-state index contributed by atoms with van der Waals surface area (Å²) in [5.74, 6) is -0.0214. The van der Waals surface area contributed by atoms with Gasteiger partial charge < -0.3 is 15.8 Å². The largest absolute Gasteiger partial charge is 0.381 e. The number of carbonyl (C=O) groups excluding carboxylic acids is 1. The van der Waals surface area contributed by atoms with E-state index in [0.29, 0.717) is 42.6 Å². The Kier molecular flexibility index (Phi) is 7.42. The first kappa shape index (κ1) is 19.5. The van der Waals surface area contributed by atoms with E-state index in [9.17, 15) is 4.79 Å². The molecule has 0 aliphatic carbocycles. The molecule has 1 fully saturated rings. The molecular weight excluding hydrogens is 347 g/mol. The summed E-state index contributed by atoms with van der Waals surface area (Å²) in [7, 11) is 0. The van der Waals surface area contributed by atoms with Gasteiger partial charge in [0.05, 0.1) is 21.5 Å². The van der Waals surface area contributed by atoms with Crippen LogP contribution in [0, 0.1) is 5.41 Å². The van der Waals surface area contributed by atoms with Gasteiger partial charge in [0.1, 0.15) is 0 Å². The second-order valence-electron chi connectivity index (χ2n) is 5.47. The van der Waals surface area contributed by atoms with Crippen LogP contribution in [0.15, 0.2) is 18.2 Å². The highest BCUT2D eigenvalue weighted by molar-refractivity contribution is 6.42. The smallest absolute Gasteiger partial charge is 0.228 e. The van der Waals surface area contributed by atoms with Gasteiger partial charge in [0.2, 0.25) is 5.91 Å². The fraction of sp³-hybridized carbons (Fsp3) is 0.533. The number of hydrogen-bond donors (Lipinski definition) is 2. The Morgan fingerprint density at radius 3 is 2.55 bits per heavy atom. The topological polar surface area (TPSA) is 64.4 Å². The number of halogens is 3. The van der Waals surface area contributed by atoms with Gasteiger partial charge in [0.15, 0.2) is 0 Å². The molecule has 22 heavy (non-hydrogen) atoms. The number of amides is 1. The molecule has 1 unspecified atom stereocenters. The molecule has 0 saturated carbocycles. The van der Waals surface area contributed by atoms with E-state index in [1.165, 1.54) is 0 Å². The van der Waals surface area contributed by atoms with Crippen molar-refractivity contribution < 1.29 is 9.53 Å². The van der Waals surface area contributed by atoms with E-state index in [-0.39, 0.29) is 24.4 Å². The van der Waals surface area contributed by atoms with Gasteiger partial charge in [0, 0.05) is 19.8 Å². The fourth-order valence-corrected chi connectivity index (χ4v) is 2.81. The molecule has 0 radical (unpaired) electrons. The van der Waals surface area contributed by atoms with Gasteiger partial charge in [-0.2, -0.15) is 0 Å². The van der Waals surface area contributed by atoms with Crippen molar-refractivity contribution in [1.82, 2.24) is 5.32 Å². The second kappa shape index (κ2) is 8.37. The van der Waals surface area contributed by atoms with Crippen molar-refractivity contribution >= 4 is 41.5 Å². The highest BCUT2D eigenvalue weighted by Crippen LogP contribution is 2.31. The van der Waals surface area contributed by atoms with Gasteiger partial charge in [-0.05, 0) is 37.5 Å². The third-order valence-electron chi connectivity index (χ3n) is 4.11. The maximum atomic E-state index is 12.6. The lowest BCUT2D eigenvalue weighted by molar-refractivity contribution is -0.136. The molecule has 4 nitrogen and oxygen atoms in total. The second-order valence-corrected chi connectivity index (χ2v) is 6.28. The molecule has 2 rings (SSSR count). The summed E-state index contributed by atoms with van der Waals surface area (Å²) in [6, 6.07) is 5.21. The zero-order valence-corrected chi connectivity index (χ0v) is 14.7. The van der Waals surface area contributed by atoms with E-state index in [0.717, 1.165) is 5.56 Å². The molecule has 1 aromatic rings. The number of nitrogens with two attached hydrogens (primary N) is 1. The summed E-state index contributed by atoms with van der Waals surface area (Å²) in [6.45, 7) is 3.40. The first-order chi connectivity index (χ1) is 9.98. The molecule has 0 spiro atoms. The quantitative estimate of drug-likeness (QED) is 0.857. The van der Waals surface area contributed by atoms with E-state index >= 15 is 0 Å². The lowest BCUT2D eigenvalue weighted by atomic mass is 9.79. The van der Waals surface area contributed by atoms with Crippen LogP contribution in [-0.2, 0) is 9.53 Å². The fourth-order valence-electron chi connectivity index (χ4n) is 2.50. The zero-order chi connectivity index (χ0) is 15.5. The molecule has 1 aliphatic heterocycles. The Morgan fingerprint density at radius 2 is 2.00 bits per heavy atom. The van der Waals surface area contributed by atoms with Gasteiger partial charge >= 0.3 is 0 Å². The Balaban J connectivity index is 0.00000242. The SMILES string of the molecule is CC(NC(=O)C1(CN)CCOCC1)c1ccc(Cl)c(Cl)c1.Cl. The van der Waals surface area contributed by atoms with Gasteiger partial charge in [-0.1, -0.05) is 29.3 Å². The van der Waals surface area contributed by atoms with Gasteiger partial charge in [0.25, 0.3) is 0 Å². The third kappa shape index (κ3) is 4.27. The van der Waals surface area contributed by atoms with Gasteiger partial charge in [-0.3, -0.25) is 4.79 Å². The highest BCUT2D eigenvalue weighted by Gasteiger charge is 2.39. The number of hydrogen-bond acceptors (Lipinski definition) is 3. The Bertz CT molecular complexity index is 520. The summed E-state index contributed by atoms with van der Waals surface area (Å²) in [6.07, 6.45) is 1.31. The normalized spacial score (nSPS) is 18.2. The van der Waals surface area contributed by atoms with E-state index in [1.54, 1.807) is 12.1 Å². The van der Waals surface area contributed by atoms with E-state index in [1.807, 2.05) is 13.0 Å². The van der Waals surface area contributed by atoms with Crippen LogP contribution in [0.3, 0.4) is 0 Å². The van der Waals surface area contributed by atoms with Crippen molar-refractivity contribution in [3.05, 3.63) is 33.8 Å². The molecule has 0 bridgehead atoms. The first-order valence-corrected chi connectivity index (χ1v) is 7.78. The summed E-state index contributed by atoms with van der Waals surface area (Å²) in [5.41, 5.74) is 6.23. The molecule has 1 saturated heterocycles. The number of carbonyl (C=O) groups is 1.